The highest BCUT2D eigenvalue weighted by atomic mass is 32.2. The van der Waals surface area contributed by atoms with Crippen LogP contribution in [0.2, 0.25) is 0 Å². The zero-order valence-corrected chi connectivity index (χ0v) is 13.7. The molecule has 1 N–H and O–H groups in total. The molecular weight excluding hydrogens is 318 g/mol. The van der Waals surface area contributed by atoms with Crippen molar-refractivity contribution in [3.8, 4) is 0 Å². The average Bonchev–Trinajstić information content (AvgIpc) is 2.59. The van der Waals surface area contributed by atoms with Crippen LogP contribution in [0.3, 0.4) is 0 Å². The van der Waals surface area contributed by atoms with Crippen molar-refractivity contribution in [3.63, 3.8) is 0 Å². The van der Waals surface area contributed by atoms with Crippen LogP contribution in [-0.4, -0.2) is 44.0 Å². The van der Waals surface area contributed by atoms with Gasteiger partial charge in [-0.15, -0.1) is 11.8 Å². The van der Waals surface area contributed by atoms with Gasteiger partial charge in [-0.25, -0.2) is 4.79 Å². The van der Waals surface area contributed by atoms with Gasteiger partial charge in [0.2, 0.25) is 5.76 Å². The zero-order valence-electron chi connectivity index (χ0n) is 12.9. The van der Waals surface area contributed by atoms with Crippen LogP contribution in [0, 0.1) is 6.92 Å². The van der Waals surface area contributed by atoms with Gasteiger partial charge < -0.3 is 19.5 Å². The molecule has 0 fully saturated rings. The average molecular weight is 337 g/mol. The zero-order chi connectivity index (χ0) is 16.5. The summed E-state index contributed by atoms with van der Waals surface area (Å²) in [4.78, 5) is 24.3. The minimum absolute atomic E-state index is 0.0148. The summed E-state index contributed by atoms with van der Waals surface area (Å²) in [5.74, 6) is -0.321. The highest BCUT2D eigenvalue weighted by molar-refractivity contribution is 7.99. The van der Waals surface area contributed by atoms with Gasteiger partial charge in [0.1, 0.15) is 19.5 Å². The first-order valence-corrected chi connectivity index (χ1v) is 8.21. The molecule has 0 unspecified atom stereocenters. The second kappa shape index (κ2) is 9.09. The first kappa shape index (κ1) is 17.2. The number of thioether (sulfide) groups is 1. The lowest BCUT2D eigenvalue weighted by Crippen LogP contribution is -2.31. The summed E-state index contributed by atoms with van der Waals surface area (Å²) in [6.07, 6.45) is 1.20. The predicted molar refractivity (Wildman–Crippen MR) is 85.9 cm³/mol. The summed E-state index contributed by atoms with van der Waals surface area (Å²) >= 11 is 1.65. The molecule has 0 aliphatic carbocycles. The van der Waals surface area contributed by atoms with Crippen LogP contribution in [0.4, 0.5) is 0 Å². The molecule has 0 saturated heterocycles. The van der Waals surface area contributed by atoms with E-state index < -0.39 is 5.97 Å². The van der Waals surface area contributed by atoms with E-state index in [1.807, 2.05) is 31.2 Å². The summed E-state index contributed by atoms with van der Waals surface area (Å²) in [6.45, 7) is 2.89. The molecule has 1 amide bonds. The Hall–Kier alpha value is -2.15. The number of hydrogen-bond donors (Lipinski definition) is 1. The number of hydrogen-bond acceptors (Lipinski definition) is 6. The summed E-state index contributed by atoms with van der Waals surface area (Å²) in [5, 5.41) is 2.69. The minimum Gasteiger partial charge on any atom is -0.493 e. The molecular formula is C16H19NO5S. The fourth-order valence-corrected chi connectivity index (χ4v) is 2.49. The van der Waals surface area contributed by atoms with Gasteiger partial charge >= 0.3 is 5.97 Å². The lowest BCUT2D eigenvalue weighted by molar-refractivity contribution is -0.149. The van der Waals surface area contributed by atoms with E-state index in [9.17, 15) is 9.59 Å². The van der Waals surface area contributed by atoms with Crippen LogP contribution in [0.5, 0.6) is 0 Å². The molecule has 124 valence electrons. The van der Waals surface area contributed by atoms with Crippen molar-refractivity contribution in [3.05, 3.63) is 41.9 Å². The third-order valence-corrected chi connectivity index (χ3v) is 3.91. The van der Waals surface area contributed by atoms with Crippen LogP contribution >= 0.6 is 11.8 Å². The third-order valence-electron chi connectivity index (χ3n) is 2.90. The van der Waals surface area contributed by atoms with Crippen LogP contribution in [0.1, 0.15) is 5.56 Å². The maximum atomic E-state index is 11.6. The van der Waals surface area contributed by atoms with Gasteiger partial charge in [0.25, 0.3) is 5.91 Å². The molecule has 1 aliphatic rings. The molecule has 0 aromatic heterocycles. The maximum absolute atomic E-state index is 11.6. The third kappa shape index (κ3) is 6.23. The fraction of sp³-hybridized carbons (Fsp3) is 0.375. The van der Waals surface area contributed by atoms with E-state index in [2.05, 4.69) is 5.32 Å². The Bertz CT molecular complexity index is 570. The van der Waals surface area contributed by atoms with Gasteiger partial charge in [-0.1, -0.05) is 17.7 Å². The van der Waals surface area contributed by atoms with E-state index in [1.54, 1.807) is 11.8 Å². The molecule has 0 spiro atoms. The largest absolute Gasteiger partial charge is 0.493 e. The van der Waals surface area contributed by atoms with Gasteiger partial charge in [0.05, 0.1) is 0 Å². The van der Waals surface area contributed by atoms with E-state index >= 15 is 0 Å². The number of esters is 1. The molecule has 1 aromatic carbocycles. The Kier molecular flexibility index (Phi) is 6.80. The first-order chi connectivity index (χ1) is 11.1. The van der Waals surface area contributed by atoms with E-state index in [0.717, 1.165) is 10.6 Å². The molecule has 1 heterocycles. The van der Waals surface area contributed by atoms with Crippen molar-refractivity contribution in [2.24, 2.45) is 0 Å². The van der Waals surface area contributed by atoms with Crippen molar-refractivity contribution in [1.82, 2.24) is 5.32 Å². The molecule has 1 aromatic rings. The Balaban J connectivity index is 1.58. The van der Waals surface area contributed by atoms with Gasteiger partial charge in [-0.3, -0.25) is 4.79 Å². The standard InChI is InChI=1S/C16H19NO5S/c1-12-2-4-13(5-3-12)23-9-6-17-15(18)11-22-16(19)14-10-20-7-8-21-14/h2-5,10H,6-9,11H2,1H3,(H,17,18). The van der Waals surface area contributed by atoms with Crippen LogP contribution in [0.15, 0.2) is 41.2 Å². The highest BCUT2D eigenvalue weighted by Gasteiger charge is 2.17. The highest BCUT2D eigenvalue weighted by Crippen LogP contribution is 2.17. The van der Waals surface area contributed by atoms with Crippen LogP contribution in [0.25, 0.3) is 0 Å². The van der Waals surface area contributed by atoms with Crippen molar-refractivity contribution < 1.29 is 23.8 Å². The lowest BCUT2D eigenvalue weighted by atomic mass is 10.2. The number of carbonyl (C=O) groups is 2. The van der Waals surface area contributed by atoms with Gasteiger partial charge in [0.15, 0.2) is 6.61 Å². The second-order valence-corrected chi connectivity index (χ2v) is 5.96. The topological polar surface area (TPSA) is 73.9 Å². The summed E-state index contributed by atoms with van der Waals surface area (Å²) in [5.41, 5.74) is 1.21. The molecule has 0 radical (unpaired) electrons. The molecule has 1 aliphatic heterocycles. The quantitative estimate of drug-likeness (QED) is 0.463. The van der Waals surface area contributed by atoms with E-state index in [4.69, 9.17) is 14.2 Å². The first-order valence-electron chi connectivity index (χ1n) is 7.23. The number of rotatable bonds is 7. The number of carbonyl (C=O) groups excluding carboxylic acids is 2. The molecule has 0 saturated carbocycles. The Morgan fingerprint density at radius 2 is 2.04 bits per heavy atom. The van der Waals surface area contributed by atoms with Crippen LogP contribution in [-0.2, 0) is 23.8 Å². The second-order valence-electron chi connectivity index (χ2n) is 4.79. The SMILES string of the molecule is Cc1ccc(SCCNC(=O)COC(=O)C2=COCCO2)cc1. The summed E-state index contributed by atoms with van der Waals surface area (Å²) in [7, 11) is 0. The normalized spacial score (nSPS) is 13.3. The molecule has 2 rings (SSSR count). The van der Waals surface area contributed by atoms with Crippen LogP contribution < -0.4 is 5.32 Å². The molecule has 7 heteroatoms. The Labute approximate surface area is 139 Å². The molecule has 23 heavy (non-hydrogen) atoms. The monoisotopic (exact) mass is 337 g/mol. The lowest BCUT2D eigenvalue weighted by Gasteiger charge is -2.14. The van der Waals surface area contributed by atoms with Crippen molar-refractivity contribution in [1.29, 1.82) is 0 Å². The number of amides is 1. The molecule has 6 nitrogen and oxygen atoms in total. The molecule has 0 bridgehead atoms. The van der Waals surface area contributed by atoms with Crippen molar-refractivity contribution in [2.45, 2.75) is 11.8 Å². The van der Waals surface area contributed by atoms with Gasteiger partial charge in [-0.2, -0.15) is 0 Å². The minimum atomic E-state index is -0.700. The van der Waals surface area contributed by atoms with Gasteiger partial charge in [-0.05, 0) is 19.1 Å². The van der Waals surface area contributed by atoms with Crippen molar-refractivity contribution >= 4 is 23.6 Å². The predicted octanol–water partition coefficient (Wildman–Crippen LogP) is 1.63. The maximum Gasteiger partial charge on any atom is 0.377 e. The smallest absolute Gasteiger partial charge is 0.377 e. The number of aryl methyl sites for hydroxylation is 1. The van der Waals surface area contributed by atoms with Crippen molar-refractivity contribution in [2.75, 3.05) is 32.1 Å². The summed E-state index contributed by atoms with van der Waals surface area (Å²) < 4.78 is 14.8. The fourth-order valence-electron chi connectivity index (χ4n) is 1.72. The number of nitrogens with one attached hydrogen (secondary N) is 1. The van der Waals surface area contributed by atoms with Gasteiger partial charge in [0, 0.05) is 17.2 Å². The molecule has 0 atom stereocenters. The Morgan fingerprint density at radius 1 is 1.26 bits per heavy atom. The van der Waals surface area contributed by atoms with E-state index in [0.29, 0.717) is 19.8 Å². The number of benzene rings is 1. The Morgan fingerprint density at radius 3 is 2.74 bits per heavy atom. The number of ether oxygens (including phenoxy) is 3. The summed E-state index contributed by atoms with van der Waals surface area (Å²) in [6, 6.07) is 8.19. The van der Waals surface area contributed by atoms with E-state index in [-0.39, 0.29) is 18.3 Å². The van der Waals surface area contributed by atoms with E-state index in [1.165, 1.54) is 11.8 Å².